The van der Waals surface area contributed by atoms with Crippen LogP contribution in [0.15, 0.2) is 65.1 Å². The molecule has 0 atom stereocenters. The van der Waals surface area contributed by atoms with E-state index in [9.17, 15) is 9.90 Å². The quantitative estimate of drug-likeness (QED) is 0.363. The Morgan fingerprint density at radius 2 is 1.86 bits per heavy atom. The van der Waals surface area contributed by atoms with E-state index in [-0.39, 0.29) is 5.91 Å². The van der Waals surface area contributed by atoms with Gasteiger partial charge in [0.1, 0.15) is 11.3 Å². The second-order valence-electron chi connectivity index (χ2n) is 10.2. The molecule has 1 aromatic heterocycles. The zero-order valence-electron chi connectivity index (χ0n) is 21.2. The minimum absolute atomic E-state index is 0.211. The Labute approximate surface area is 211 Å². The highest BCUT2D eigenvalue weighted by atomic mass is 16.5. The number of carbonyl (C=O) groups excluding carboxylic acids is 1. The van der Waals surface area contributed by atoms with Crippen molar-refractivity contribution < 1.29 is 19.1 Å². The summed E-state index contributed by atoms with van der Waals surface area (Å²) in [4.78, 5) is 14.8. The molecule has 2 N–H and O–H groups in total. The van der Waals surface area contributed by atoms with Gasteiger partial charge in [-0.25, -0.2) is 0 Å². The summed E-state index contributed by atoms with van der Waals surface area (Å²) >= 11 is 0. The summed E-state index contributed by atoms with van der Waals surface area (Å²) in [5.41, 5.74) is 1.79. The lowest BCUT2D eigenvalue weighted by atomic mass is 9.84. The third kappa shape index (κ3) is 4.84. The zero-order valence-corrected chi connectivity index (χ0v) is 21.2. The number of amides is 1. The number of furan rings is 1. The van der Waals surface area contributed by atoms with Crippen LogP contribution in [0.2, 0.25) is 0 Å². The molecule has 3 aromatic carbocycles. The summed E-state index contributed by atoms with van der Waals surface area (Å²) in [5.74, 6) is 1.35. The number of likely N-dealkylation sites (tertiary alicyclic amines) is 1. The molecule has 188 valence electrons. The van der Waals surface area contributed by atoms with Crippen molar-refractivity contribution in [3.8, 4) is 5.75 Å². The third-order valence-electron chi connectivity index (χ3n) is 7.23. The average Bonchev–Trinajstić information content (AvgIpc) is 3.32. The minimum atomic E-state index is -0.912. The molecule has 0 spiro atoms. The molecule has 36 heavy (non-hydrogen) atoms. The summed E-state index contributed by atoms with van der Waals surface area (Å²) in [6.07, 6.45) is 1.26. The summed E-state index contributed by atoms with van der Waals surface area (Å²) in [7, 11) is 1.72. The fourth-order valence-electron chi connectivity index (χ4n) is 5.09. The number of carbonyl (C=O) groups is 1. The molecule has 5 rings (SSSR count). The van der Waals surface area contributed by atoms with Crippen LogP contribution in [0.25, 0.3) is 21.7 Å². The van der Waals surface area contributed by atoms with E-state index in [1.807, 2.05) is 24.3 Å². The van der Waals surface area contributed by atoms with Gasteiger partial charge in [0, 0.05) is 37.1 Å². The number of hydrogen-bond donors (Lipinski definition) is 2. The molecule has 0 bridgehead atoms. The van der Waals surface area contributed by atoms with Gasteiger partial charge in [-0.15, -0.1) is 0 Å². The van der Waals surface area contributed by atoms with E-state index in [0.29, 0.717) is 36.6 Å². The van der Waals surface area contributed by atoms with Gasteiger partial charge in [0.2, 0.25) is 0 Å². The van der Waals surface area contributed by atoms with E-state index in [1.165, 1.54) is 16.3 Å². The van der Waals surface area contributed by atoms with Crippen molar-refractivity contribution in [1.29, 1.82) is 0 Å². The molecule has 6 heteroatoms. The molecule has 6 nitrogen and oxygen atoms in total. The Kier molecular flexibility index (Phi) is 6.73. The molecule has 0 radical (unpaired) electrons. The van der Waals surface area contributed by atoms with Crippen molar-refractivity contribution in [2.75, 3.05) is 26.7 Å². The molecule has 0 aliphatic carbocycles. The Hall–Kier alpha value is -3.35. The highest BCUT2D eigenvalue weighted by Gasteiger charge is 2.34. The van der Waals surface area contributed by atoms with E-state index in [1.54, 1.807) is 13.2 Å². The minimum Gasteiger partial charge on any atom is -0.496 e. The van der Waals surface area contributed by atoms with Gasteiger partial charge in [-0.1, -0.05) is 50.2 Å². The summed E-state index contributed by atoms with van der Waals surface area (Å²) in [6.45, 7) is 7.02. The number of benzene rings is 3. The van der Waals surface area contributed by atoms with Crippen molar-refractivity contribution in [2.24, 2.45) is 5.92 Å². The maximum Gasteiger partial charge on any atom is 0.287 e. The Morgan fingerprint density at radius 3 is 2.61 bits per heavy atom. The van der Waals surface area contributed by atoms with Crippen molar-refractivity contribution in [3.63, 3.8) is 0 Å². The van der Waals surface area contributed by atoms with Gasteiger partial charge in [0.15, 0.2) is 5.76 Å². The molecule has 1 amide bonds. The van der Waals surface area contributed by atoms with E-state index in [0.717, 1.165) is 36.3 Å². The molecule has 0 unspecified atom stereocenters. The lowest BCUT2D eigenvalue weighted by Crippen LogP contribution is -2.42. The van der Waals surface area contributed by atoms with Crippen LogP contribution in [0.5, 0.6) is 5.75 Å². The first-order chi connectivity index (χ1) is 17.4. The standard InChI is InChI=1S/C30H34N2O4/c1-20(2)18-31-29(33)28-17-22-16-23(9-11-26(22)36-28)30(34)12-14-32(15-13-30)19-25-24-7-5-4-6-21(24)8-10-27(25)35-3/h4-11,16-17,20,34H,12-15,18-19H2,1-3H3,(H,31,33). The monoisotopic (exact) mass is 486 g/mol. The number of fused-ring (bicyclic) bond motifs is 2. The second kappa shape index (κ2) is 9.96. The van der Waals surface area contributed by atoms with Crippen LogP contribution < -0.4 is 10.1 Å². The Balaban J connectivity index is 1.30. The number of nitrogens with zero attached hydrogens (tertiary/aromatic N) is 1. The van der Waals surface area contributed by atoms with Crippen LogP contribution in [-0.2, 0) is 12.1 Å². The van der Waals surface area contributed by atoms with Gasteiger partial charge < -0.3 is 19.6 Å². The number of methoxy groups -OCH3 is 1. The van der Waals surface area contributed by atoms with Crippen molar-refractivity contribution >= 4 is 27.6 Å². The van der Waals surface area contributed by atoms with Gasteiger partial charge in [0.25, 0.3) is 5.91 Å². The lowest BCUT2D eigenvalue weighted by Gasteiger charge is -2.39. The summed E-state index contributed by atoms with van der Waals surface area (Å²) < 4.78 is 11.4. The first-order valence-electron chi connectivity index (χ1n) is 12.7. The molecule has 0 saturated carbocycles. The number of piperidine rings is 1. The molecular formula is C30H34N2O4. The SMILES string of the molecule is COc1ccc2ccccc2c1CN1CCC(O)(c2ccc3oc(C(=O)NCC(C)C)cc3c2)CC1. The highest BCUT2D eigenvalue weighted by molar-refractivity contribution is 5.96. The number of ether oxygens (including phenoxy) is 1. The number of nitrogens with one attached hydrogen (secondary N) is 1. The van der Waals surface area contributed by atoms with Crippen molar-refractivity contribution in [1.82, 2.24) is 10.2 Å². The van der Waals surface area contributed by atoms with Gasteiger partial charge in [-0.05, 0) is 59.4 Å². The van der Waals surface area contributed by atoms with Crippen molar-refractivity contribution in [2.45, 2.75) is 38.8 Å². The van der Waals surface area contributed by atoms with E-state index in [2.05, 4.69) is 54.4 Å². The maximum absolute atomic E-state index is 12.4. The molecule has 2 heterocycles. The molecule has 1 saturated heterocycles. The average molecular weight is 487 g/mol. The first-order valence-corrected chi connectivity index (χ1v) is 12.7. The van der Waals surface area contributed by atoms with Gasteiger partial charge in [-0.2, -0.15) is 0 Å². The van der Waals surface area contributed by atoms with Crippen LogP contribution in [0, 0.1) is 5.92 Å². The van der Waals surface area contributed by atoms with Crippen LogP contribution in [0.1, 0.15) is 48.4 Å². The smallest absolute Gasteiger partial charge is 0.287 e. The predicted octanol–water partition coefficient (Wildman–Crippen LogP) is 5.46. The molecule has 1 fully saturated rings. The van der Waals surface area contributed by atoms with Crippen molar-refractivity contribution in [3.05, 3.63) is 77.6 Å². The number of aliphatic hydroxyl groups is 1. The molecular weight excluding hydrogens is 452 g/mol. The largest absolute Gasteiger partial charge is 0.496 e. The molecule has 1 aliphatic heterocycles. The van der Waals surface area contributed by atoms with Crippen LogP contribution in [0.4, 0.5) is 0 Å². The summed E-state index contributed by atoms with van der Waals surface area (Å²) in [6, 6.07) is 20.0. The number of hydrogen-bond acceptors (Lipinski definition) is 5. The predicted molar refractivity (Wildman–Crippen MR) is 142 cm³/mol. The van der Waals surface area contributed by atoms with Gasteiger partial charge in [-0.3, -0.25) is 9.69 Å². The third-order valence-corrected chi connectivity index (χ3v) is 7.23. The number of rotatable bonds is 7. The maximum atomic E-state index is 12.4. The molecule has 1 aliphatic rings. The van der Waals surface area contributed by atoms with Gasteiger partial charge >= 0.3 is 0 Å². The first kappa shape index (κ1) is 24.3. The Bertz CT molecular complexity index is 1380. The normalized spacial score (nSPS) is 16.0. The van der Waals surface area contributed by atoms with E-state index < -0.39 is 5.60 Å². The molecule has 4 aromatic rings. The van der Waals surface area contributed by atoms with Crippen LogP contribution in [0.3, 0.4) is 0 Å². The lowest BCUT2D eigenvalue weighted by molar-refractivity contribution is -0.0276. The topological polar surface area (TPSA) is 74.9 Å². The van der Waals surface area contributed by atoms with Crippen LogP contribution in [-0.4, -0.2) is 42.7 Å². The second-order valence-corrected chi connectivity index (χ2v) is 10.2. The fraction of sp³-hybridized carbons (Fsp3) is 0.367. The highest BCUT2D eigenvalue weighted by Crippen LogP contribution is 2.37. The van der Waals surface area contributed by atoms with E-state index >= 15 is 0 Å². The fourth-order valence-corrected chi connectivity index (χ4v) is 5.09. The summed E-state index contributed by atoms with van der Waals surface area (Å²) in [5, 5.41) is 17.7. The van der Waals surface area contributed by atoms with E-state index in [4.69, 9.17) is 9.15 Å². The zero-order chi connectivity index (χ0) is 25.3. The van der Waals surface area contributed by atoms with Gasteiger partial charge in [0.05, 0.1) is 12.7 Å². The Morgan fingerprint density at radius 1 is 1.08 bits per heavy atom. The van der Waals surface area contributed by atoms with Crippen LogP contribution >= 0.6 is 0 Å².